The molecule has 3 heteroatoms. The third-order valence-electron chi connectivity index (χ3n) is 2.79. The highest BCUT2D eigenvalue weighted by atomic mass is 79.9. The Morgan fingerprint density at radius 1 is 1.36 bits per heavy atom. The van der Waals surface area contributed by atoms with Crippen molar-refractivity contribution in [3.05, 3.63) is 29.8 Å². The fourth-order valence-electron chi connectivity index (χ4n) is 2.11. The lowest BCUT2D eigenvalue weighted by Crippen LogP contribution is -2.27. The molecule has 0 N–H and O–H groups in total. The van der Waals surface area contributed by atoms with E-state index in [1.54, 1.807) is 0 Å². The monoisotopic (exact) mass is 250 g/mol. The third kappa shape index (κ3) is 1.27. The maximum Gasteiger partial charge on any atom is 0.106 e. The molecule has 2 aliphatic rings. The Hall–Kier alpha value is -0.830. The molecule has 1 fully saturated rings. The van der Waals surface area contributed by atoms with Gasteiger partial charge in [0.05, 0.1) is 5.69 Å². The Morgan fingerprint density at radius 3 is 3.14 bits per heavy atom. The summed E-state index contributed by atoms with van der Waals surface area (Å²) in [5.41, 5.74) is 2.50. The highest BCUT2D eigenvalue weighted by molar-refractivity contribution is 9.09. The van der Waals surface area contributed by atoms with Gasteiger partial charge in [-0.15, -0.1) is 0 Å². The van der Waals surface area contributed by atoms with Crippen LogP contribution in [0.3, 0.4) is 0 Å². The number of hydrogen-bond donors (Lipinski definition) is 0. The van der Waals surface area contributed by atoms with E-state index in [1.807, 2.05) is 0 Å². The fourth-order valence-corrected chi connectivity index (χ4v) is 2.75. The molecule has 0 amide bonds. The van der Waals surface area contributed by atoms with Crippen molar-refractivity contribution in [1.29, 1.82) is 0 Å². The number of alkyl halides is 1. The molecular formula is C11H11BrN2. The molecule has 1 aromatic rings. The van der Waals surface area contributed by atoms with Gasteiger partial charge in [-0.25, -0.2) is 4.99 Å². The molecule has 0 aliphatic carbocycles. The second-order valence-electron chi connectivity index (χ2n) is 3.84. The van der Waals surface area contributed by atoms with Crippen LogP contribution in [-0.2, 0) is 6.54 Å². The number of rotatable bonds is 0. The van der Waals surface area contributed by atoms with E-state index in [1.165, 1.54) is 11.4 Å². The molecule has 2 nitrogen and oxygen atoms in total. The van der Waals surface area contributed by atoms with Crippen LogP contribution < -0.4 is 0 Å². The van der Waals surface area contributed by atoms with Crippen LogP contribution in [-0.4, -0.2) is 22.1 Å². The lowest BCUT2D eigenvalue weighted by Gasteiger charge is -2.24. The van der Waals surface area contributed by atoms with Gasteiger partial charge in [-0.05, 0) is 11.6 Å². The Balaban J connectivity index is 2.03. The van der Waals surface area contributed by atoms with E-state index in [0.717, 1.165) is 25.2 Å². The van der Waals surface area contributed by atoms with Gasteiger partial charge in [0.2, 0.25) is 0 Å². The van der Waals surface area contributed by atoms with Crippen molar-refractivity contribution in [3.8, 4) is 0 Å². The SMILES string of the molecule is BrC1CC2=Nc3ccccc3CN2C1. The molecule has 0 saturated carbocycles. The summed E-state index contributed by atoms with van der Waals surface area (Å²) < 4.78 is 0. The van der Waals surface area contributed by atoms with Crippen LogP contribution in [0.5, 0.6) is 0 Å². The van der Waals surface area contributed by atoms with Gasteiger partial charge >= 0.3 is 0 Å². The minimum atomic E-state index is 0.579. The molecule has 0 bridgehead atoms. The van der Waals surface area contributed by atoms with Crippen molar-refractivity contribution >= 4 is 27.5 Å². The highest BCUT2D eigenvalue weighted by Crippen LogP contribution is 2.31. The molecule has 3 rings (SSSR count). The van der Waals surface area contributed by atoms with Crippen LogP contribution in [0, 0.1) is 0 Å². The molecular weight excluding hydrogens is 240 g/mol. The van der Waals surface area contributed by atoms with Crippen molar-refractivity contribution in [1.82, 2.24) is 4.90 Å². The predicted octanol–water partition coefficient (Wildman–Crippen LogP) is 2.70. The van der Waals surface area contributed by atoms with E-state index in [2.05, 4.69) is 50.1 Å². The quantitative estimate of drug-likeness (QED) is 0.647. The predicted molar refractivity (Wildman–Crippen MR) is 61.3 cm³/mol. The molecule has 1 aromatic carbocycles. The zero-order chi connectivity index (χ0) is 9.54. The summed E-state index contributed by atoms with van der Waals surface area (Å²) in [6, 6.07) is 8.40. The third-order valence-corrected chi connectivity index (χ3v) is 3.40. The molecule has 2 aliphatic heterocycles. The van der Waals surface area contributed by atoms with Crippen LogP contribution in [0.1, 0.15) is 12.0 Å². The molecule has 72 valence electrons. The fraction of sp³-hybridized carbons (Fsp3) is 0.364. The van der Waals surface area contributed by atoms with E-state index >= 15 is 0 Å². The van der Waals surface area contributed by atoms with Gasteiger partial charge < -0.3 is 4.90 Å². The molecule has 1 atom stereocenters. The molecule has 2 heterocycles. The van der Waals surface area contributed by atoms with Gasteiger partial charge in [-0.2, -0.15) is 0 Å². The van der Waals surface area contributed by atoms with Gasteiger partial charge in [-0.3, -0.25) is 0 Å². The van der Waals surface area contributed by atoms with E-state index in [-0.39, 0.29) is 0 Å². The average molecular weight is 251 g/mol. The second kappa shape index (κ2) is 3.09. The highest BCUT2D eigenvalue weighted by Gasteiger charge is 2.28. The molecule has 0 spiro atoms. The Morgan fingerprint density at radius 2 is 2.21 bits per heavy atom. The van der Waals surface area contributed by atoms with Crippen molar-refractivity contribution in [3.63, 3.8) is 0 Å². The smallest absolute Gasteiger partial charge is 0.106 e. The Bertz CT molecular complexity index is 400. The number of hydrogen-bond acceptors (Lipinski definition) is 2. The molecule has 0 radical (unpaired) electrons. The van der Waals surface area contributed by atoms with Crippen molar-refractivity contribution in [2.24, 2.45) is 4.99 Å². The zero-order valence-electron chi connectivity index (χ0n) is 7.78. The minimum Gasteiger partial charge on any atom is -0.354 e. The number of amidine groups is 1. The van der Waals surface area contributed by atoms with Gasteiger partial charge in [0.1, 0.15) is 5.84 Å². The maximum absolute atomic E-state index is 4.67. The van der Waals surface area contributed by atoms with Crippen LogP contribution in [0.4, 0.5) is 5.69 Å². The lowest BCUT2D eigenvalue weighted by molar-refractivity contribution is 0.447. The number of nitrogens with zero attached hydrogens (tertiary/aromatic N) is 2. The first-order valence-corrected chi connectivity index (χ1v) is 5.79. The van der Waals surface area contributed by atoms with Crippen LogP contribution in [0.15, 0.2) is 29.3 Å². The number of para-hydroxylation sites is 1. The summed E-state index contributed by atoms with van der Waals surface area (Å²) in [5.74, 6) is 1.24. The summed E-state index contributed by atoms with van der Waals surface area (Å²) in [7, 11) is 0. The summed E-state index contributed by atoms with van der Waals surface area (Å²) in [4.78, 5) is 7.61. The number of benzene rings is 1. The summed E-state index contributed by atoms with van der Waals surface area (Å²) in [5, 5.41) is 0. The van der Waals surface area contributed by atoms with Gasteiger partial charge in [-0.1, -0.05) is 34.1 Å². The first-order valence-electron chi connectivity index (χ1n) is 4.87. The van der Waals surface area contributed by atoms with Gasteiger partial charge in [0, 0.05) is 24.3 Å². The number of fused-ring (bicyclic) bond motifs is 2. The van der Waals surface area contributed by atoms with Crippen LogP contribution >= 0.6 is 15.9 Å². The zero-order valence-corrected chi connectivity index (χ0v) is 9.37. The number of aliphatic imine (C=N–C) groups is 1. The summed E-state index contributed by atoms with van der Waals surface area (Å²) in [6.45, 7) is 2.12. The topological polar surface area (TPSA) is 15.6 Å². The largest absolute Gasteiger partial charge is 0.354 e. The average Bonchev–Trinajstić information content (AvgIpc) is 2.53. The van der Waals surface area contributed by atoms with E-state index in [4.69, 9.17) is 0 Å². The van der Waals surface area contributed by atoms with E-state index in [9.17, 15) is 0 Å². The van der Waals surface area contributed by atoms with Gasteiger partial charge in [0.15, 0.2) is 0 Å². The lowest BCUT2D eigenvalue weighted by atomic mass is 10.1. The van der Waals surface area contributed by atoms with Crippen LogP contribution in [0.2, 0.25) is 0 Å². The first-order chi connectivity index (χ1) is 6.83. The number of halogens is 1. The molecule has 0 aromatic heterocycles. The van der Waals surface area contributed by atoms with E-state index in [0.29, 0.717) is 4.83 Å². The van der Waals surface area contributed by atoms with Crippen LogP contribution in [0.25, 0.3) is 0 Å². The normalized spacial score (nSPS) is 24.2. The Labute approximate surface area is 91.8 Å². The van der Waals surface area contributed by atoms with Crippen molar-refractivity contribution < 1.29 is 0 Å². The summed E-state index contributed by atoms with van der Waals surface area (Å²) >= 11 is 3.65. The Kier molecular flexibility index (Phi) is 1.87. The van der Waals surface area contributed by atoms with E-state index < -0.39 is 0 Å². The summed E-state index contributed by atoms with van der Waals surface area (Å²) in [6.07, 6.45) is 1.06. The van der Waals surface area contributed by atoms with Gasteiger partial charge in [0.25, 0.3) is 0 Å². The van der Waals surface area contributed by atoms with Crippen molar-refractivity contribution in [2.45, 2.75) is 17.8 Å². The first kappa shape index (κ1) is 8.48. The molecule has 14 heavy (non-hydrogen) atoms. The molecule has 1 saturated heterocycles. The maximum atomic E-state index is 4.67. The second-order valence-corrected chi connectivity index (χ2v) is 5.13. The standard InChI is InChI=1S/C11H11BrN2/c12-9-5-11-13-10-4-2-1-3-8(10)6-14(11)7-9/h1-4,9H,5-7H2. The minimum absolute atomic E-state index is 0.579. The van der Waals surface area contributed by atoms with Crippen molar-refractivity contribution in [2.75, 3.05) is 6.54 Å². The molecule has 1 unspecified atom stereocenters.